The Kier molecular flexibility index (Phi) is 3.60. The Labute approximate surface area is 113 Å². The molecule has 2 rings (SSSR count). The number of hydrogen-bond acceptors (Lipinski definition) is 6. The molecule has 0 bridgehead atoms. The molecule has 0 unspecified atom stereocenters. The normalized spacial score (nSPS) is 13.7. The number of aliphatic carboxylic acids is 1. The van der Waals surface area contributed by atoms with E-state index in [0.29, 0.717) is 5.69 Å². The van der Waals surface area contributed by atoms with E-state index in [1.807, 2.05) is 0 Å². The molecule has 0 radical (unpaired) electrons. The number of hydrogen-bond donors (Lipinski definition) is 0. The molecule has 2 amide bonds. The summed E-state index contributed by atoms with van der Waals surface area (Å²) in [6.45, 7) is -0.840. The van der Waals surface area contributed by atoms with E-state index in [2.05, 4.69) is 4.74 Å². The van der Waals surface area contributed by atoms with E-state index < -0.39 is 30.4 Å². The van der Waals surface area contributed by atoms with Crippen LogP contribution in [0.15, 0.2) is 36.4 Å². The van der Waals surface area contributed by atoms with E-state index in [9.17, 15) is 24.3 Å². The van der Waals surface area contributed by atoms with Gasteiger partial charge in [-0.3, -0.25) is 9.59 Å². The fraction of sp³-hybridized carbons (Fsp3) is 0.0769. The highest BCUT2D eigenvalue weighted by atomic mass is 16.5. The number of anilines is 1. The minimum atomic E-state index is -1.51. The van der Waals surface area contributed by atoms with Crippen molar-refractivity contribution in [3.63, 3.8) is 0 Å². The molecule has 0 saturated carbocycles. The number of amides is 2. The Hall–Kier alpha value is -2.96. The molecule has 0 fully saturated rings. The number of carbonyl (C=O) groups excluding carboxylic acids is 4. The molecule has 1 aromatic carbocycles. The summed E-state index contributed by atoms with van der Waals surface area (Å²) in [5, 5.41) is 10.2. The molecule has 1 aromatic rings. The van der Waals surface area contributed by atoms with Gasteiger partial charge in [-0.25, -0.2) is 9.69 Å². The van der Waals surface area contributed by atoms with Gasteiger partial charge in [0.15, 0.2) is 0 Å². The Morgan fingerprint density at radius 1 is 1.05 bits per heavy atom. The quantitative estimate of drug-likeness (QED) is 0.516. The van der Waals surface area contributed by atoms with E-state index in [-0.39, 0.29) is 5.56 Å². The Bertz CT molecular complexity index is 598. The number of nitrogens with zero attached hydrogens (tertiary/aromatic N) is 1. The molecule has 7 nitrogen and oxygen atoms in total. The van der Waals surface area contributed by atoms with Crippen molar-refractivity contribution in [1.82, 2.24) is 0 Å². The maximum atomic E-state index is 11.4. The summed E-state index contributed by atoms with van der Waals surface area (Å²) in [4.78, 5) is 45.4. The SMILES string of the molecule is O=C([O-])COC(=O)c1ccc(N2C(=O)C=CC2=O)cc1. The predicted octanol–water partition coefficient (Wildman–Crippen LogP) is -0.977. The van der Waals surface area contributed by atoms with Gasteiger partial charge in [0, 0.05) is 12.2 Å². The van der Waals surface area contributed by atoms with Crippen molar-refractivity contribution in [3.05, 3.63) is 42.0 Å². The van der Waals surface area contributed by atoms with Gasteiger partial charge in [0.05, 0.1) is 17.2 Å². The molecule has 1 heterocycles. The molecule has 0 aromatic heterocycles. The van der Waals surface area contributed by atoms with Gasteiger partial charge < -0.3 is 14.6 Å². The van der Waals surface area contributed by atoms with Crippen LogP contribution in [0.3, 0.4) is 0 Å². The van der Waals surface area contributed by atoms with Crippen molar-refractivity contribution >= 4 is 29.4 Å². The minimum Gasteiger partial charge on any atom is -0.546 e. The summed E-state index contributed by atoms with van der Waals surface area (Å²) in [6, 6.07) is 5.43. The number of esters is 1. The zero-order chi connectivity index (χ0) is 14.7. The summed E-state index contributed by atoms with van der Waals surface area (Å²) in [5.41, 5.74) is 0.406. The first-order valence-electron chi connectivity index (χ1n) is 5.52. The number of rotatable bonds is 4. The molecular formula is C13H8NO6-. The summed E-state index contributed by atoms with van der Waals surface area (Å²) >= 11 is 0. The van der Waals surface area contributed by atoms with Crippen LogP contribution >= 0.6 is 0 Å². The largest absolute Gasteiger partial charge is 0.546 e. The van der Waals surface area contributed by atoms with Gasteiger partial charge >= 0.3 is 5.97 Å². The zero-order valence-electron chi connectivity index (χ0n) is 10.1. The number of ether oxygens (including phenoxy) is 1. The van der Waals surface area contributed by atoms with Crippen LogP contribution in [0.25, 0.3) is 0 Å². The topological polar surface area (TPSA) is 104 Å². The first-order valence-corrected chi connectivity index (χ1v) is 5.52. The highest BCUT2D eigenvalue weighted by Gasteiger charge is 2.25. The first-order chi connectivity index (χ1) is 9.49. The van der Waals surface area contributed by atoms with Gasteiger partial charge in [-0.2, -0.15) is 0 Å². The van der Waals surface area contributed by atoms with E-state index in [0.717, 1.165) is 17.1 Å². The van der Waals surface area contributed by atoms with Crippen LogP contribution in [0, 0.1) is 0 Å². The number of carbonyl (C=O) groups is 4. The van der Waals surface area contributed by atoms with Crippen LogP contribution in [-0.2, 0) is 19.1 Å². The van der Waals surface area contributed by atoms with Crippen molar-refractivity contribution in [2.24, 2.45) is 0 Å². The lowest BCUT2D eigenvalue weighted by Gasteiger charge is -2.14. The highest BCUT2D eigenvalue weighted by Crippen LogP contribution is 2.19. The number of carboxylic acid groups (broad SMARTS) is 1. The fourth-order valence-electron chi connectivity index (χ4n) is 1.61. The lowest BCUT2D eigenvalue weighted by atomic mass is 10.2. The van der Waals surface area contributed by atoms with Gasteiger partial charge in [0.2, 0.25) is 0 Å². The van der Waals surface area contributed by atoms with E-state index in [1.54, 1.807) is 0 Å². The average Bonchev–Trinajstić information content (AvgIpc) is 2.76. The maximum Gasteiger partial charge on any atom is 0.338 e. The monoisotopic (exact) mass is 274 g/mol. The summed E-state index contributed by atoms with van der Waals surface area (Å²) in [7, 11) is 0. The van der Waals surface area contributed by atoms with Crippen molar-refractivity contribution in [3.8, 4) is 0 Å². The predicted molar refractivity (Wildman–Crippen MR) is 63.4 cm³/mol. The van der Waals surface area contributed by atoms with Crippen LogP contribution < -0.4 is 10.0 Å². The minimum absolute atomic E-state index is 0.0991. The molecule has 102 valence electrons. The lowest BCUT2D eigenvalue weighted by Crippen LogP contribution is -2.29. The number of imide groups is 1. The molecule has 0 atom stereocenters. The van der Waals surface area contributed by atoms with Crippen molar-refractivity contribution in [2.45, 2.75) is 0 Å². The zero-order valence-corrected chi connectivity index (χ0v) is 10.1. The van der Waals surface area contributed by atoms with Crippen LogP contribution in [0.2, 0.25) is 0 Å². The van der Waals surface area contributed by atoms with Gasteiger partial charge in [0.25, 0.3) is 11.8 Å². The molecule has 7 heteroatoms. The Balaban J connectivity index is 2.10. The third-order valence-electron chi connectivity index (χ3n) is 2.49. The molecule has 1 aliphatic heterocycles. The summed E-state index contributed by atoms with van der Waals surface area (Å²) in [6.07, 6.45) is 2.29. The smallest absolute Gasteiger partial charge is 0.338 e. The van der Waals surface area contributed by atoms with Crippen LogP contribution in [0.4, 0.5) is 5.69 Å². The molecule has 20 heavy (non-hydrogen) atoms. The van der Waals surface area contributed by atoms with Crippen LogP contribution in [-0.4, -0.2) is 30.4 Å². The second-order valence-corrected chi connectivity index (χ2v) is 3.84. The van der Waals surface area contributed by atoms with Crippen molar-refractivity contribution in [1.29, 1.82) is 0 Å². The molecule has 0 saturated heterocycles. The van der Waals surface area contributed by atoms with E-state index in [1.165, 1.54) is 24.3 Å². The third kappa shape index (κ3) is 2.72. The first kappa shape index (κ1) is 13.5. The molecule has 0 N–H and O–H groups in total. The van der Waals surface area contributed by atoms with Gasteiger partial charge in [-0.1, -0.05) is 0 Å². The molecule has 0 spiro atoms. The summed E-state index contributed by atoms with van der Waals surface area (Å²) in [5.74, 6) is -3.28. The molecular weight excluding hydrogens is 266 g/mol. The van der Waals surface area contributed by atoms with E-state index in [4.69, 9.17) is 0 Å². The highest BCUT2D eigenvalue weighted by molar-refractivity contribution is 6.28. The second-order valence-electron chi connectivity index (χ2n) is 3.84. The van der Waals surface area contributed by atoms with Crippen molar-refractivity contribution in [2.75, 3.05) is 11.5 Å². The fourth-order valence-corrected chi connectivity index (χ4v) is 1.61. The van der Waals surface area contributed by atoms with Crippen LogP contribution in [0.5, 0.6) is 0 Å². The standard InChI is InChI=1S/C13H9NO6/c15-10-5-6-11(16)14(10)9-3-1-8(2-4-9)13(19)20-7-12(17)18/h1-6H,7H2,(H,17,18)/p-1. The Morgan fingerprint density at radius 3 is 2.10 bits per heavy atom. The van der Waals surface area contributed by atoms with Crippen LogP contribution in [0.1, 0.15) is 10.4 Å². The second kappa shape index (κ2) is 5.35. The van der Waals surface area contributed by atoms with Crippen molar-refractivity contribution < 1.29 is 29.0 Å². The molecule has 0 aliphatic carbocycles. The number of carboxylic acids is 1. The van der Waals surface area contributed by atoms with Gasteiger partial charge in [0.1, 0.15) is 6.61 Å². The Morgan fingerprint density at radius 2 is 1.60 bits per heavy atom. The average molecular weight is 274 g/mol. The molecule has 1 aliphatic rings. The summed E-state index contributed by atoms with van der Waals surface area (Å²) < 4.78 is 4.44. The maximum absolute atomic E-state index is 11.4. The third-order valence-corrected chi connectivity index (χ3v) is 2.49. The van der Waals surface area contributed by atoms with E-state index >= 15 is 0 Å². The number of benzene rings is 1. The van der Waals surface area contributed by atoms with Gasteiger partial charge in [-0.15, -0.1) is 0 Å². The lowest BCUT2D eigenvalue weighted by molar-refractivity contribution is -0.308. The van der Waals surface area contributed by atoms with Gasteiger partial charge in [-0.05, 0) is 24.3 Å².